The fourth-order valence-corrected chi connectivity index (χ4v) is 4.00. The molecule has 0 saturated carbocycles. The number of hydrogen-bond acceptors (Lipinski definition) is 4. The number of anilines is 2. The van der Waals surface area contributed by atoms with Gasteiger partial charge in [-0.15, -0.1) is 0 Å². The van der Waals surface area contributed by atoms with Crippen LogP contribution in [0.2, 0.25) is 0 Å². The molecule has 3 unspecified atom stereocenters. The maximum Gasteiger partial charge on any atom is 0.252 e. The molecule has 0 fully saturated rings. The van der Waals surface area contributed by atoms with Crippen LogP contribution in [0.4, 0.5) is 11.4 Å². The van der Waals surface area contributed by atoms with E-state index in [9.17, 15) is 9.59 Å². The van der Waals surface area contributed by atoms with Crippen molar-refractivity contribution in [1.82, 2.24) is 5.32 Å². The van der Waals surface area contributed by atoms with Gasteiger partial charge in [0.1, 0.15) is 6.04 Å². The first-order valence-electron chi connectivity index (χ1n) is 10.8. The Labute approximate surface area is 188 Å². The normalized spacial score (nSPS) is 17.7. The number of amides is 2. The zero-order valence-corrected chi connectivity index (χ0v) is 18.3. The molecule has 1 heterocycles. The Morgan fingerprint density at radius 2 is 1.78 bits per heavy atom. The van der Waals surface area contributed by atoms with Crippen LogP contribution >= 0.6 is 0 Å². The highest BCUT2D eigenvalue weighted by Gasteiger charge is 2.27. The molecule has 3 aromatic rings. The Kier molecular flexibility index (Phi) is 6.23. The minimum absolute atomic E-state index is 0.300. The molecule has 3 atom stereocenters. The van der Waals surface area contributed by atoms with E-state index in [0.717, 1.165) is 11.3 Å². The highest BCUT2D eigenvalue weighted by molar-refractivity contribution is 6.01. The molecule has 6 heteroatoms. The zero-order chi connectivity index (χ0) is 22.7. The van der Waals surface area contributed by atoms with Gasteiger partial charge in [0.25, 0.3) is 11.8 Å². The van der Waals surface area contributed by atoms with Crippen molar-refractivity contribution in [1.29, 1.82) is 0 Å². The summed E-state index contributed by atoms with van der Waals surface area (Å²) in [5.74, 6) is -0.280. The van der Waals surface area contributed by atoms with E-state index in [4.69, 9.17) is 5.73 Å². The second-order valence-electron chi connectivity index (χ2n) is 8.23. The Morgan fingerprint density at radius 1 is 1.00 bits per heavy atom. The SMILES string of the molecule is CC1Nc2ccc(NC(=O)C(NC(=O)c3cccc(CN)c3)c3ccccc3)cc2C1C. The molecular formula is C26H28N4O2. The molecule has 6 nitrogen and oxygen atoms in total. The average molecular weight is 429 g/mol. The summed E-state index contributed by atoms with van der Waals surface area (Å²) >= 11 is 0. The number of carbonyl (C=O) groups is 2. The van der Waals surface area contributed by atoms with Crippen molar-refractivity contribution in [3.8, 4) is 0 Å². The molecule has 5 N–H and O–H groups in total. The first-order valence-corrected chi connectivity index (χ1v) is 10.8. The lowest BCUT2D eigenvalue weighted by atomic mass is 9.98. The van der Waals surface area contributed by atoms with Crippen molar-refractivity contribution >= 4 is 23.2 Å². The minimum Gasteiger partial charge on any atom is -0.382 e. The highest BCUT2D eigenvalue weighted by Crippen LogP contribution is 2.37. The third-order valence-corrected chi connectivity index (χ3v) is 6.04. The van der Waals surface area contributed by atoms with Gasteiger partial charge in [0.2, 0.25) is 0 Å². The number of fused-ring (bicyclic) bond motifs is 1. The predicted octanol–water partition coefficient (Wildman–Crippen LogP) is 4.17. The molecule has 0 bridgehead atoms. The summed E-state index contributed by atoms with van der Waals surface area (Å²) < 4.78 is 0. The van der Waals surface area contributed by atoms with Gasteiger partial charge in [0, 0.05) is 35.4 Å². The summed E-state index contributed by atoms with van der Waals surface area (Å²) in [6, 6.07) is 21.7. The van der Waals surface area contributed by atoms with E-state index in [0.29, 0.717) is 35.3 Å². The van der Waals surface area contributed by atoms with Crippen LogP contribution in [0.1, 0.15) is 52.9 Å². The molecular weight excluding hydrogens is 400 g/mol. The molecule has 164 valence electrons. The molecule has 0 radical (unpaired) electrons. The minimum atomic E-state index is -0.840. The lowest BCUT2D eigenvalue weighted by Crippen LogP contribution is -2.37. The Hall–Kier alpha value is -3.64. The lowest BCUT2D eigenvalue weighted by molar-refractivity contribution is -0.118. The molecule has 1 aliphatic heterocycles. The lowest BCUT2D eigenvalue weighted by Gasteiger charge is -2.20. The first kappa shape index (κ1) is 21.6. The van der Waals surface area contributed by atoms with Crippen molar-refractivity contribution in [3.63, 3.8) is 0 Å². The van der Waals surface area contributed by atoms with Gasteiger partial charge in [-0.3, -0.25) is 9.59 Å². The molecule has 0 aromatic heterocycles. The Balaban J connectivity index is 1.57. The van der Waals surface area contributed by atoms with Gasteiger partial charge in [-0.25, -0.2) is 0 Å². The van der Waals surface area contributed by atoms with Crippen LogP contribution in [0.5, 0.6) is 0 Å². The quantitative estimate of drug-likeness (QED) is 0.474. The number of nitrogens with one attached hydrogen (secondary N) is 3. The molecule has 0 aliphatic carbocycles. The van der Waals surface area contributed by atoms with Crippen molar-refractivity contribution < 1.29 is 9.59 Å². The largest absolute Gasteiger partial charge is 0.382 e. The molecule has 2 amide bonds. The van der Waals surface area contributed by atoms with Crippen LogP contribution in [0.3, 0.4) is 0 Å². The number of nitrogens with two attached hydrogens (primary N) is 1. The summed E-state index contributed by atoms with van der Waals surface area (Å²) in [5.41, 5.74) is 10.7. The molecule has 0 spiro atoms. The molecule has 1 aliphatic rings. The van der Waals surface area contributed by atoms with Crippen molar-refractivity contribution in [3.05, 3.63) is 95.1 Å². The van der Waals surface area contributed by atoms with Gasteiger partial charge in [0.05, 0.1) is 0 Å². The fourth-order valence-electron chi connectivity index (χ4n) is 4.00. The van der Waals surface area contributed by atoms with Gasteiger partial charge in [-0.05, 0) is 53.9 Å². The van der Waals surface area contributed by atoms with Crippen LogP contribution in [0.25, 0.3) is 0 Å². The number of hydrogen-bond donors (Lipinski definition) is 4. The van der Waals surface area contributed by atoms with E-state index in [2.05, 4.69) is 29.8 Å². The summed E-state index contributed by atoms with van der Waals surface area (Å²) in [6.45, 7) is 4.65. The van der Waals surface area contributed by atoms with Gasteiger partial charge >= 0.3 is 0 Å². The van der Waals surface area contributed by atoms with Gasteiger partial charge in [-0.1, -0.05) is 49.4 Å². The van der Waals surface area contributed by atoms with E-state index in [-0.39, 0.29) is 11.8 Å². The Bertz CT molecular complexity index is 1130. The van der Waals surface area contributed by atoms with E-state index in [1.54, 1.807) is 18.2 Å². The van der Waals surface area contributed by atoms with Gasteiger partial charge < -0.3 is 21.7 Å². The summed E-state index contributed by atoms with van der Waals surface area (Å²) in [5, 5.41) is 9.32. The number of benzene rings is 3. The van der Waals surface area contributed by atoms with E-state index in [1.165, 1.54) is 5.56 Å². The summed E-state index contributed by atoms with van der Waals surface area (Å²) in [6.07, 6.45) is 0. The predicted molar refractivity (Wildman–Crippen MR) is 128 cm³/mol. The molecule has 32 heavy (non-hydrogen) atoms. The van der Waals surface area contributed by atoms with Crippen molar-refractivity contribution in [2.75, 3.05) is 10.6 Å². The third-order valence-electron chi connectivity index (χ3n) is 6.04. The zero-order valence-electron chi connectivity index (χ0n) is 18.3. The van der Waals surface area contributed by atoms with E-state index >= 15 is 0 Å². The summed E-state index contributed by atoms with van der Waals surface area (Å²) in [4.78, 5) is 26.2. The van der Waals surface area contributed by atoms with Crippen LogP contribution in [0, 0.1) is 0 Å². The number of rotatable bonds is 6. The number of carbonyl (C=O) groups excluding carboxylic acids is 2. The van der Waals surface area contributed by atoms with Crippen LogP contribution in [-0.2, 0) is 11.3 Å². The Morgan fingerprint density at radius 3 is 2.53 bits per heavy atom. The standard InChI is InChI=1S/C26H28N4O2/c1-16-17(2)28-23-12-11-21(14-22(16)23)29-26(32)24(19-8-4-3-5-9-19)30-25(31)20-10-6-7-18(13-20)15-27/h3-14,16-17,24,28H,15,27H2,1-2H3,(H,29,32)(H,30,31). The fraction of sp³-hybridized carbons (Fsp3) is 0.231. The molecule has 3 aromatic carbocycles. The first-order chi connectivity index (χ1) is 15.5. The van der Waals surface area contributed by atoms with Crippen molar-refractivity contribution in [2.45, 2.75) is 38.4 Å². The monoisotopic (exact) mass is 428 g/mol. The van der Waals surface area contributed by atoms with E-state index < -0.39 is 6.04 Å². The van der Waals surface area contributed by atoms with Crippen molar-refractivity contribution in [2.24, 2.45) is 5.73 Å². The molecule has 4 rings (SSSR count). The maximum atomic E-state index is 13.3. The van der Waals surface area contributed by atoms with Crippen LogP contribution in [0.15, 0.2) is 72.8 Å². The smallest absolute Gasteiger partial charge is 0.252 e. The average Bonchev–Trinajstić information content (AvgIpc) is 3.10. The van der Waals surface area contributed by atoms with Crippen LogP contribution < -0.4 is 21.7 Å². The van der Waals surface area contributed by atoms with Crippen LogP contribution in [-0.4, -0.2) is 17.9 Å². The van der Waals surface area contributed by atoms with Gasteiger partial charge in [0.15, 0.2) is 0 Å². The van der Waals surface area contributed by atoms with E-state index in [1.807, 2.05) is 54.6 Å². The molecule has 0 saturated heterocycles. The highest BCUT2D eigenvalue weighted by atomic mass is 16.2. The second-order valence-corrected chi connectivity index (χ2v) is 8.23. The maximum absolute atomic E-state index is 13.3. The van der Waals surface area contributed by atoms with Gasteiger partial charge in [-0.2, -0.15) is 0 Å². The summed E-state index contributed by atoms with van der Waals surface area (Å²) in [7, 11) is 0. The topological polar surface area (TPSA) is 96.2 Å². The third kappa shape index (κ3) is 4.50. The second kappa shape index (κ2) is 9.24.